The number of hydrogen-bond donors (Lipinski definition) is 3. The molecular weight excluding hydrogens is 415 g/mol. The number of nitrogens with two attached hydrogens (primary N) is 1. The van der Waals surface area contributed by atoms with Crippen molar-refractivity contribution in [2.75, 3.05) is 18.9 Å². The molecule has 4 N–H and O–H groups in total. The number of rotatable bonds is 5. The third-order valence-corrected chi connectivity index (χ3v) is 5.07. The molecule has 3 aromatic rings. The van der Waals surface area contributed by atoms with E-state index in [4.69, 9.17) is 15.2 Å². The predicted molar refractivity (Wildman–Crippen MR) is 115 cm³/mol. The number of H-pyrrole nitrogens is 1. The highest BCUT2D eigenvalue weighted by atomic mass is 19.1. The van der Waals surface area contributed by atoms with Crippen LogP contribution in [0, 0.1) is 11.2 Å². The molecule has 1 aromatic carbocycles. The Morgan fingerprint density at radius 2 is 1.91 bits per heavy atom. The van der Waals surface area contributed by atoms with E-state index in [0.717, 1.165) is 0 Å². The van der Waals surface area contributed by atoms with Crippen molar-refractivity contribution in [1.82, 2.24) is 25.3 Å². The van der Waals surface area contributed by atoms with Crippen LogP contribution in [0.15, 0.2) is 36.5 Å². The summed E-state index contributed by atoms with van der Waals surface area (Å²) >= 11 is 0. The largest absolute Gasteiger partial charge is 0.368 e. The quantitative estimate of drug-likeness (QED) is 0.556. The molecular formula is C22H25FN6O3. The second-order valence-corrected chi connectivity index (χ2v) is 8.30. The molecule has 1 amide bonds. The second kappa shape index (κ2) is 8.64. The van der Waals surface area contributed by atoms with Crippen molar-refractivity contribution in [2.45, 2.75) is 33.1 Å². The van der Waals surface area contributed by atoms with Gasteiger partial charge in [-0.1, -0.05) is 0 Å². The standard InChI is InChI=1S/C22H25FN6O3/c1-12(2)26-20(30)22(3)10-31-19(32-11-22)18-28-16(13-4-6-14(23)7-5-13)17(29-18)15-8-9-25-21(24)27-15/h4-9,12,19H,10-11H2,1-3H3,(H,26,30)(H,28,29)(H2,24,25,27). The molecule has 2 aromatic heterocycles. The summed E-state index contributed by atoms with van der Waals surface area (Å²) in [5.41, 5.74) is 7.25. The van der Waals surface area contributed by atoms with Gasteiger partial charge in [0.2, 0.25) is 18.1 Å². The van der Waals surface area contributed by atoms with Crippen LogP contribution in [0.25, 0.3) is 22.6 Å². The summed E-state index contributed by atoms with van der Waals surface area (Å²) in [5.74, 6) is 0.0356. The molecule has 3 heterocycles. The first-order chi connectivity index (χ1) is 15.2. The molecule has 0 aliphatic carbocycles. The van der Waals surface area contributed by atoms with Crippen LogP contribution in [0.4, 0.5) is 10.3 Å². The SMILES string of the molecule is CC(C)NC(=O)C1(C)COC(c2nc(-c3ccc(F)cc3)c(-c3ccnc(N)n3)[nH]2)OC1. The van der Waals surface area contributed by atoms with Crippen molar-refractivity contribution < 1.29 is 18.7 Å². The van der Waals surface area contributed by atoms with Crippen LogP contribution in [0.3, 0.4) is 0 Å². The maximum absolute atomic E-state index is 13.5. The molecule has 1 saturated heterocycles. The predicted octanol–water partition coefficient (Wildman–Crippen LogP) is 2.83. The number of benzene rings is 1. The lowest BCUT2D eigenvalue weighted by Gasteiger charge is -2.35. The highest BCUT2D eigenvalue weighted by Crippen LogP contribution is 2.35. The Balaban J connectivity index is 1.64. The number of nitrogens with one attached hydrogen (secondary N) is 2. The van der Waals surface area contributed by atoms with Crippen LogP contribution in [0.5, 0.6) is 0 Å². The van der Waals surface area contributed by atoms with Gasteiger partial charge in [0.25, 0.3) is 0 Å². The van der Waals surface area contributed by atoms with Gasteiger partial charge in [-0.3, -0.25) is 4.79 Å². The van der Waals surface area contributed by atoms with E-state index in [1.54, 1.807) is 31.3 Å². The number of imidazole rings is 1. The number of halogens is 1. The fraction of sp³-hybridized carbons (Fsp3) is 0.364. The maximum Gasteiger partial charge on any atom is 0.230 e. The third kappa shape index (κ3) is 4.46. The van der Waals surface area contributed by atoms with E-state index in [2.05, 4.69) is 25.3 Å². The molecule has 0 atom stereocenters. The summed E-state index contributed by atoms with van der Waals surface area (Å²) in [7, 11) is 0. The minimum Gasteiger partial charge on any atom is -0.368 e. The van der Waals surface area contributed by atoms with Crippen molar-refractivity contribution in [3.05, 3.63) is 48.2 Å². The first kappa shape index (κ1) is 21.8. The molecule has 0 saturated carbocycles. The van der Waals surface area contributed by atoms with Gasteiger partial charge in [-0.2, -0.15) is 0 Å². The topological polar surface area (TPSA) is 128 Å². The van der Waals surface area contributed by atoms with Gasteiger partial charge in [0.15, 0.2) is 5.82 Å². The van der Waals surface area contributed by atoms with Gasteiger partial charge in [0.05, 0.1) is 35.7 Å². The molecule has 10 heteroatoms. The number of amides is 1. The van der Waals surface area contributed by atoms with E-state index in [-0.39, 0.29) is 36.9 Å². The summed E-state index contributed by atoms with van der Waals surface area (Å²) in [6.45, 7) is 5.92. The lowest BCUT2D eigenvalue weighted by molar-refractivity contribution is -0.231. The highest BCUT2D eigenvalue weighted by Gasteiger charge is 2.41. The molecule has 0 bridgehead atoms. The molecule has 0 radical (unpaired) electrons. The van der Waals surface area contributed by atoms with Crippen LogP contribution in [0.2, 0.25) is 0 Å². The Hall–Kier alpha value is -3.37. The van der Waals surface area contributed by atoms with Crippen molar-refractivity contribution in [3.63, 3.8) is 0 Å². The lowest BCUT2D eigenvalue weighted by Crippen LogP contribution is -2.50. The molecule has 32 heavy (non-hydrogen) atoms. The second-order valence-electron chi connectivity index (χ2n) is 8.30. The molecule has 1 fully saturated rings. The van der Waals surface area contributed by atoms with E-state index in [0.29, 0.717) is 28.5 Å². The Bertz CT molecular complexity index is 1110. The van der Waals surface area contributed by atoms with Crippen molar-refractivity contribution in [2.24, 2.45) is 5.41 Å². The summed E-state index contributed by atoms with van der Waals surface area (Å²) in [6, 6.07) is 7.67. The van der Waals surface area contributed by atoms with Gasteiger partial charge >= 0.3 is 0 Å². The van der Waals surface area contributed by atoms with Crippen molar-refractivity contribution >= 4 is 11.9 Å². The lowest BCUT2D eigenvalue weighted by atomic mass is 9.90. The Morgan fingerprint density at radius 3 is 2.53 bits per heavy atom. The van der Waals surface area contributed by atoms with Crippen LogP contribution < -0.4 is 11.1 Å². The Kier molecular flexibility index (Phi) is 5.90. The van der Waals surface area contributed by atoms with Gasteiger partial charge in [0.1, 0.15) is 5.82 Å². The highest BCUT2D eigenvalue weighted by molar-refractivity contribution is 5.83. The Labute approximate surface area is 184 Å². The van der Waals surface area contributed by atoms with E-state index in [1.165, 1.54) is 12.1 Å². The number of anilines is 1. The average Bonchev–Trinajstić information content (AvgIpc) is 3.20. The van der Waals surface area contributed by atoms with Crippen LogP contribution >= 0.6 is 0 Å². The minimum atomic E-state index is -0.808. The fourth-order valence-corrected chi connectivity index (χ4v) is 3.35. The minimum absolute atomic E-state index is 0.0169. The van der Waals surface area contributed by atoms with Gasteiger partial charge in [-0.15, -0.1) is 0 Å². The smallest absolute Gasteiger partial charge is 0.230 e. The molecule has 1 aliphatic rings. The van der Waals surface area contributed by atoms with Gasteiger partial charge in [-0.05, 0) is 51.1 Å². The molecule has 168 valence electrons. The summed E-state index contributed by atoms with van der Waals surface area (Å²) in [4.78, 5) is 28.5. The number of carbonyl (C=O) groups excluding carboxylic acids is 1. The summed E-state index contributed by atoms with van der Waals surface area (Å²) in [6.07, 6.45) is 0.737. The van der Waals surface area contributed by atoms with Crippen LogP contribution in [0.1, 0.15) is 32.9 Å². The fourth-order valence-electron chi connectivity index (χ4n) is 3.35. The first-order valence-electron chi connectivity index (χ1n) is 10.2. The van der Waals surface area contributed by atoms with Crippen LogP contribution in [-0.2, 0) is 14.3 Å². The molecule has 1 aliphatic heterocycles. The number of carbonyl (C=O) groups is 1. The maximum atomic E-state index is 13.5. The molecule has 0 spiro atoms. The monoisotopic (exact) mass is 440 g/mol. The zero-order valence-corrected chi connectivity index (χ0v) is 18.1. The normalized spacial score (nSPS) is 21.0. The van der Waals surface area contributed by atoms with E-state index in [1.807, 2.05) is 13.8 Å². The summed E-state index contributed by atoms with van der Waals surface area (Å²) in [5, 5.41) is 2.89. The number of aromatic nitrogens is 4. The number of nitrogen functional groups attached to an aromatic ring is 1. The van der Waals surface area contributed by atoms with Gasteiger partial charge < -0.3 is 25.5 Å². The molecule has 4 rings (SSSR count). The van der Waals surface area contributed by atoms with E-state index < -0.39 is 11.7 Å². The van der Waals surface area contributed by atoms with Crippen molar-refractivity contribution in [1.29, 1.82) is 0 Å². The number of aromatic amines is 1. The zero-order chi connectivity index (χ0) is 22.9. The van der Waals surface area contributed by atoms with E-state index >= 15 is 0 Å². The van der Waals surface area contributed by atoms with Gasteiger partial charge in [0, 0.05) is 17.8 Å². The first-order valence-corrected chi connectivity index (χ1v) is 10.2. The van der Waals surface area contributed by atoms with Crippen molar-refractivity contribution in [3.8, 4) is 22.6 Å². The summed E-state index contributed by atoms with van der Waals surface area (Å²) < 4.78 is 25.2. The van der Waals surface area contributed by atoms with Crippen LogP contribution in [-0.4, -0.2) is 45.1 Å². The zero-order valence-electron chi connectivity index (χ0n) is 18.1. The third-order valence-electron chi connectivity index (χ3n) is 5.07. The number of ether oxygens (including phenoxy) is 2. The molecule has 9 nitrogen and oxygen atoms in total. The number of hydrogen-bond acceptors (Lipinski definition) is 7. The average molecular weight is 440 g/mol. The van der Waals surface area contributed by atoms with E-state index in [9.17, 15) is 9.18 Å². The Morgan fingerprint density at radius 1 is 1.22 bits per heavy atom. The van der Waals surface area contributed by atoms with Gasteiger partial charge in [-0.25, -0.2) is 19.3 Å². The number of nitrogens with zero attached hydrogens (tertiary/aromatic N) is 3. The molecule has 0 unspecified atom stereocenters.